The van der Waals surface area contributed by atoms with E-state index in [0.717, 1.165) is 47.5 Å². The molecule has 3 aromatic rings. The summed E-state index contributed by atoms with van der Waals surface area (Å²) in [4.78, 5) is 13.8. The van der Waals surface area contributed by atoms with Crippen molar-refractivity contribution in [2.75, 3.05) is 17.7 Å². The van der Waals surface area contributed by atoms with Crippen LogP contribution in [0.4, 0.5) is 15.1 Å². The molecule has 1 aromatic carbocycles. The van der Waals surface area contributed by atoms with Gasteiger partial charge in [-0.05, 0) is 74.5 Å². The minimum atomic E-state index is -0.345. The number of rotatable bonds is 5. The maximum atomic E-state index is 13.6. The largest absolute Gasteiger partial charge is 0.465 e. The highest BCUT2D eigenvalue weighted by Crippen LogP contribution is 2.40. The van der Waals surface area contributed by atoms with Crippen molar-refractivity contribution >= 4 is 45.3 Å². The van der Waals surface area contributed by atoms with E-state index in [2.05, 4.69) is 22.7 Å². The molecule has 1 aliphatic rings. The lowest BCUT2D eigenvalue weighted by molar-refractivity contribution is 0.0601. The van der Waals surface area contributed by atoms with E-state index in [0.29, 0.717) is 28.1 Å². The third kappa shape index (κ3) is 4.94. The van der Waals surface area contributed by atoms with E-state index in [1.54, 1.807) is 17.4 Å². The van der Waals surface area contributed by atoms with Gasteiger partial charge in [-0.2, -0.15) is 5.10 Å². The fourth-order valence-electron chi connectivity index (χ4n) is 4.24. The van der Waals surface area contributed by atoms with Crippen LogP contribution in [0, 0.1) is 25.6 Å². The number of nitrogens with zero attached hydrogens (tertiary/aromatic N) is 2. The van der Waals surface area contributed by atoms with Crippen molar-refractivity contribution in [3.05, 3.63) is 63.0 Å². The predicted octanol–water partition coefficient (Wildman–Crippen LogP) is 5.47. The molecule has 0 spiro atoms. The van der Waals surface area contributed by atoms with Gasteiger partial charge in [0.25, 0.3) is 0 Å². The van der Waals surface area contributed by atoms with Crippen LogP contribution in [-0.4, -0.2) is 28.0 Å². The zero-order valence-corrected chi connectivity index (χ0v) is 20.8. The summed E-state index contributed by atoms with van der Waals surface area (Å²) in [6.07, 6.45) is 2.88. The third-order valence-corrected chi connectivity index (χ3v) is 7.34. The van der Waals surface area contributed by atoms with Crippen LogP contribution in [0.3, 0.4) is 0 Å². The molecule has 33 heavy (non-hydrogen) atoms. The van der Waals surface area contributed by atoms with E-state index in [-0.39, 0.29) is 11.8 Å². The van der Waals surface area contributed by atoms with Crippen molar-refractivity contribution in [1.82, 2.24) is 9.78 Å². The molecule has 1 aliphatic carbocycles. The number of aromatic nitrogens is 2. The molecule has 6 nitrogen and oxygen atoms in total. The van der Waals surface area contributed by atoms with E-state index in [1.165, 1.54) is 24.1 Å². The summed E-state index contributed by atoms with van der Waals surface area (Å²) < 4.78 is 20.4. The molecule has 9 heteroatoms. The highest BCUT2D eigenvalue weighted by molar-refractivity contribution is 7.80. The van der Waals surface area contributed by atoms with Gasteiger partial charge in [0.2, 0.25) is 0 Å². The number of nitrogens with one attached hydrogen (secondary N) is 2. The first-order valence-electron chi connectivity index (χ1n) is 10.9. The minimum Gasteiger partial charge on any atom is -0.465 e. The zero-order valence-electron chi connectivity index (χ0n) is 19.1. The Morgan fingerprint density at radius 2 is 2.15 bits per heavy atom. The standard InChI is InChI=1S/C24H27FN4O2S2/c1-13-8-9-18-19(10-13)33-22(20(18)23(30)31-4)27-24(32)26-21-14(2)28-29(15(21)3)12-16-6-5-7-17(25)11-16/h5-7,11,13H,8-10,12H2,1-4H3,(H2,26,27,32). The SMILES string of the molecule is COC(=O)c1c(NC(=S)Nc2c(C)nn(Cc3cccc(F)c3)c2C)sc2c1CCC(C)C2. The summed E-state index contributed by atoms with van der Waals surface area (Å²) in [5.74, 6) is -0.0244. The number of benzene rings is 1. The Kier molecular flexibility index (Phi) is 6.81. The number of carbonyl (C=O) groups is 1. The van der Waals surface area contributed by atoms with Crippen molar-refractivity contribution in [2.45, 2.75) is 46.6 Å². The lowest BCUT2D eigenvalue weighted by atomic mass is 9.88. The van der Waals surface area contributed by atoms with E-state index in [9.17, 15) is 9.18 Å². The molecule has 2 heterocycles. The van der Waals surface area contributed by atoms with Gasteiger partial charge < -0.3 is 15.4 Å². The summed E-state index contributed by atoms with van der Waals surface area (Å²) in [6.45, 7) is 6.52. The first-order chi connectivity index (χ1) is 15.8. The first-order valence-corrected chi connectivity index (χ1v) is 12.1. The zero-order chi connectivity index (χ0) is 23.7. The molecule has 0 bridgehead atoms. The van der Waals surface area contributed by atoms with Crippen molar-refractivity contribution in [1.29, 1.82) is 0 Å². The number of anilines is 2. The predicted molar refractivity (Wildman–Crippen MR) is 134 cm³/mol. The Labute approximate surface area is 202 Å². The van der Waals surface area contributed by atoms with Gasteiger partial charge in [0.1, 0.15) is 10.8 Å². The van der Waals surface area contributed by atoms with Crippen LogP contribution >= 0.6 is 23.6 Å². The van der Waals surface area contributed by atoms with Gasteiger partial charge in [-0.3, -0.25) is 4.68 Å². The van der Waals surface area contributed by atoms with E-state index >= 15 is 0 Å². The van der Waals surface area contributed by atoms with Gasteiger partial charge in [0, 0.05) is 4.88 Å². The number of carbonyl (C=O) groups excluding carboxylic acids is 1. The molecule has 1 unspecified atom stereocenters. The molecular formula is C24H27FN4O2S2. The van der Waals surface area contributed by atoms with Crippen LogP contribution in [0.25, 0.3) is 0 Å². The van der Waals surface area contributed by atoms with Gasteiger partial charge in [-0.25, -0.2) is 9.18 Å². The number of hydrogen-bond donors (Lipinski definition) is 2. The molecule has 0 aliphatic heterocycles. The Bertz CT molecular complexity index is 1220. The number of ether oxygens (including phenoxy) is 1. The number of aryl methyl sites for hydroxylation is 1. The smallest absolute Gasteiger partial charge is 0.341 e. The number of esters is 1. The number of hydrogen-bond acceptors (Lipinski definition) is 5. The van der Waals surface area contributed by atoms with Crippen LogP contribution in [-0.2, 0) is 24.1 Å². The second-order valence-corrected chi connectivity index (χ2v) is 9.97. The summed E-state index contributed by atoms with van der Waals surface area (Å²) in [5.41, 5.74) is 4.94. The Morgan fingerprint density at radius 3 is 2.88 bits per heavy atom. The van der Waals surface area contributed by atoms with Crippen LogP contribution in [0.5, 0.6) is 0 Å². The van der Waals surface area contributed by atoms with Crippen molar-refractivity contribution in [3.8, 4) is 0 Å². The highest BCUT2D eigenvalue weighted by Gasteiger charge is 2.28. The molecule has 1 atom stereocenters. The molecule has 174 valence electrons. The Morgan fingerprint density at radius 1 is 1.36 bits per heavy atom. The normalized spacial score (nSPS) is 15.1. The molecule has 2 aromatic heterocycles. The number of thiophene rings is 1. The first kappa shape index (κ1) is 23.4. The molecule has 0 saturated carbocycles. The fourth-order valence-corrected chi connectivity index (χ4v) is 5.92. The highest BCUT2D eigenvalue weighted by atomic mass is 32.1. The molecule has 0 fully saturated rings. The fraction of sp³-hybridized carbons (Fsp3) is 0.375. The van der Waals surface area contributed by atoms with Gasteiger partial charge in [-0.1, -0.05) is 19.1 Å². The quantitative estimate of drug-likeness (QED) is 0.368. The summed E-state index contributed by atoms with van der Waals surface area (Å²) >= 11 is 7.15. The Hall–Kier alpha value is -2.78. The van der Waals surface area contributed by atoms with E-state index in [1.807, 2.05) is 24.6 Å². The summed E-state index contributed by atoms with van der Waals surface area (Å²) in [7, 11) is 1.40. The number of thiocarbonyl (C=S) groups is 1. The maximum absolute atomic E-state index is 13.6. The Balaban J connectivity index is 1.54. The minimum absolute atomic E-state index is 0.271. The topological polar surface area (TPSA) is 68.2 Å². The van der Waals surface area contributed by atoms with Gasteiger partial charge in [-0.15, -0.1) is 11.3 Å². The monoisotopic (exact) mass is 486 g/mol. The van der Waals surface area contributed by atoms with Crippen molar-refractivity contribution in [3.63, 3.8) is 0 Å². The molecular weight excluding hydrogens is 459 g/mol. The maximum Gasteiger partial charge on any atom is 0.341 e. The lowest BCUT2D eigenvalue weighted by Gasteiger charge is -2.18. The van der Waals surface area contributed by atoms with Crippen LogP contribution in [0.1, 0.15) is 51.1 Å². The van der Waals surface area contributed by atoms with E-state index < -0.39 is 0 Å². The van der Waals surface area contributed by atoms with Gasteiger partial charge in [0.15, 0.2) is 5.11 Å². The van der Waals surface area contributed by atoms with Crippen molar-refractivity contribution in [2.24, 2.45) is 5.92 Å². The average Bonchev–Trinajstić information content (AvgIpc) is 3.24. The van der Waals surface area contributed by atoms with Gasteiger partial charge >= 0.3 is 5.97 Å². The van der Waals surface area contributed by atoms with Crippen molar-refractivity contribution < 1.29 is 13.9 Å². The molecule has 4 rings (SSSR count). The molecule has 0 saturated heterocycles. The lowest BCUT2D eigenvalue weighted by Crippen LogP contribution is -2.21. The summed E-state index contributed by atoms with van der Waals surface area (Å²) in [6, 6.07) is 6.48. The molecule has 2 N–H and O–H groups in total. The third-order valence-electron chi connectivity index (χ3n) is 5.97. The van der Waals surface area contributed by atoms with Crippen LogP contribution < -0.4 is 10.6 Å². The number of fused-ring (bicyclic) bond motifs is 1. The average molecular weight is 487 g/mol. The van der Waals surface area contributed by atoms with Gasteiger partial charge in [0.05, 0.1) is 36.3 Å². The number of halogens is 1. The van der Waals surface area contributed by atoms with Crippen LogP contribution in [0.2, 0.25) is 0 Å². The molecule has 0 radical (unpaired) electrons. The second-order valence-electron chi connectivity index (χ2n) is 8.46. The van der Waals surface area contributed by atoms with E-state index in [4.69, 9.17) is 17.0 Å². The molecule has 0 amide bonds. The summed E-state index contributed by atoms with van der Waals surface area (Å²) in [5, 5.41) is 12.1. The van der Waals surface area contributed by atoms with Crippen LogP contribution in [0.15, 0.2) is 24.3 Å². The number of methoxy groups -OCH3 is 1. The second kappa shape index (κ2) is 9.61.